The fourth-order valence-electron chi connectivity index (χ4n) is 5.83. The maximum absolute atomic E-state index is 12.5. The Kier molecular flexibility index (Phi) is 4.08. The highest BCUT2D eigenvalue weighted by Gasteiger charge is 2.54. The number of ether oxygens (including phenoxy) is 1. The van der Waals surface area contributed by atoms with E-state index in [2.05, 4.69) is 42.3 Å². The van der Waals surface area contributed by atoms with Crippen LogP contribution in [0.4, 0.5) is 0 Å². The molecule has 27 heavy (non-hydrogen) atoms. The van der Waals surface area contributed by atoms with Gasteiger partial charge in [-0.25, -0.2) is 0 Å². The van der Waals surface area contributed by atoms with Crippen LogP contribution in [0.5, 0.6) is 5.75 Å². The molecule has 0 N–H and O–H groups in total. The summed E-state index contributed by atoms with van der Waals surface area (Å²) >= 11 is 0. The highest BCUT2D eigenvalue weighted by atomic mass is 16.5. The molecular weight excluding hydrogens is 334 g/mol. The highest BCUT2D eigenvalue weighted by molar-refractivity contribution is 5.81. The predicted octanol–water partition coefficient (Wildman–Crippen LogP) is 4.13. The standard InChI is InChI=1S/C24H27NO2/c1-25-12-11-24-15-19(26)8-10-21(24)23(25)13-18-7-9-20(14-22(18)24)27-16-17-5-3-2-4-6-17/h2-7,9,14,21,23H,8,10-13,15-16H2,1H3/t21-,23+,24-/m0/s1. The lowest BCUT2D eigenvalue weighted by Crippen LogP contribution is -2.60. The molecule has 0 amide bonds. The number of hydrogen-bond acceptors (Lipinski definition) is 3. The van der Waals surface area contributed by atoms with E-state index in [1.165, 1.54) is 16.7 Å². The number of likely N-dealkylation sites (N-methyl/N-ethyl adjacent to an activating group) is 1. The summed E-state index contributed by atoms with van der Waals surface area (Å²) in [7, 11) is 2.26. The fraction of sp³-hybridized carbons (Fsp3) is 0.458. The Morgan fingerprint density at radius 3 is 2.89 bits per heavy atom. The van der Waals surface area contributed by atoms with E-state index in [-0.39, 0.29) is 5.41 Å². The summed E-state index contributed by atoms with van der Waals surface area (Å²) in [6, 6.07) is 17.5. The van der Waals surface area contributed by atoms with Crippen molar-refractivity contribution in [3.63, 3.8) is 0 Å². The van der Waals surface area contributed by atoms with Crippen molar-refractivity contribution in [2.45, 2.75) is 50.2 Å². The van der Waals surface area contributed by atoms with Gasteiger partial charge in [-0.15, -0.1) is 0 Å². The van der Waals surface area contributed by atoms with Gasteiger partial charge < -0.3 is 9.64 Å². The molecule has 5 rings (SSSR count). The van der Waals surface area contributed by atoms with E-state index in [9.17, 15) is 4.79 Å². The van der Waals surface area contributed by atoms with Crippen molar-refractivity contribution in [2.24, 2.45) is 5.92 Å². The van der Waals surface area contributed by atoms with Gasteiger partial charge in [0.25, 0.3) is 0 Å². The minimum Gasteiger partial charge on any atom is -0.489 e. The van der Waals surface area contributed by atoms with Crippen molar-refractivity contribution in [3.05, 3.63) is 65.2 Å². The third-order valence-corrected chi connectivity index (χ3v) is 7.19. The minimum absolute atomic E-state index is 0.0339. The van der Waals surface area contributed by atoms with Crippen LogP contribution in [0.3, 0.4) is 0 Å². The van der Waals surface area contributed by atoms with Gasteiger partial charge in [0.15, 0.2) is 0 Å². The van der Waals surface area contributed by atoms with Crippen LogP contribution in [-0.4, -0.2) is 30.3 Å². The second kappa shape index (κ2) is 6.49. The molecule has 0 radical (unpaired) electrons. The van der Waals surface area contributed by atoms with E-state index >= 15 is 0 Å². The van der Waals surface area contributed by atoms with E-state index in [4.69, 9.17) is 4.74 Å². The first-order valence-corrected chi connectivity index (χ1v) is 10.2. The van der Waals surface area contributed by atoms with Crippen LogP contribution in [0.25, 0.3) is 0 Å². The Labute approximate surface area is 161 Å². The molecule has 1 heterocycles. The predicted molar refractivity (Wildman–Crippen MR) is 106 cm³/mol. The summed E-state index contributed by atoms with van der Waals surface area (Å²) in [5, 5.41) is 0. The number of benzene rings is 2. The van der Waals surface area contributed by atoms with Crippen LogP contribution >= 0.6 is 0 Å². The average molecular weight is 361 g/mol. The molecule has 0 unspecified atom stereocenters. The van der Waals surface area contributed by atoms with Crippen molar-refractivity contribution in [1.82, 2.24) is 4.90 Å². The van der Waals surface area contributed by atoms with Crippen LogP contribution in [0, 0.1) is 5.92 Å². The zero-order chi connectivity index (χ0) is 18.4. The molecule has 3 aliphatic rings. The van der Waals surface area contributed by atoms with E-state index in [1.54, 1.807) is 0 Å². The second-order valence-corrected chi connectivity index (χ2v) is 8.61. The first-order valence-electron chi connectivity index (χ1n) is 10.2. The summed E-state index contributed by atoms with van der Waals surface area (Å²) in [5.74, 6) is 1.98. The minimum atomic E-state index is 0.0339. The summed E-state index contributed by atoms with van der Waals surface area (Å²) in [4.78, 5) is 15.0. The molecule has 0 aromatic heterocycles. The monoisotopic (exact) mass is 361 g/mol. The largest absolute Gasteiger partial charge is 0.489 e. The highest BCUT2D eigenvalue weighted by Crippen LogP contribution is 2.55. The first-order chi connectivity index (χ1) is 13.2. The quantitative estimate of drug-likeness (QED) is 0.823. The Balaban J connectivity index is 1.49. The number of likely N-dealkylation sites (tertiary alicyclic amines) is 1. The molecule has 2 aromatic carbocycles. The van der Waals surface area contributed by atoms with Gasteiger partial charge in [-0.2, -0.15) is 0 Å². The molecule has 1 aliphatic heterocycles. The number of hydrogen-bond donors (Lipinski definition) is 0. The van der Waals surface area contributed by atoms with Gasteiger partial charge in [0.2, 0.25) is 0 Å². The van der Waals surface area contributed by atoms with Crippen LogP contribution in [0.15, 0.2) is 48.5 Å². The number of carbonyl (C=O) groups excluding carboxylic acids is 1. The van der Waals surface area contributed by atoms with Gasteiger partial charge in [-0.05, 0) is 67.6 Å². The van der Waals surface area contributed by atoms with Gasteiger partial charge in [0.1, 0.15) is 18.1 Å². The number of carbonyl (C=O) groups is 1. The number of ketones is 1. The maximum Gasteiger partial charge on any atom is 0.133 e. The van der Waals surface area contributed by atoms with Crippen LogP contribution < -0.4 is 4.74 Å². The first kappa shape index (κ1) is 17.0. The van der Waals surface area contributed by atoms with Crippen LogP contribution in [0.1, 0.15) is 42.4 Å². The lowest BCUT2D eigenvalue weighted by atomic mass is 9.52. The van der Waals surface area contributed by atoms with Gasteiger partial charge >= 0.3 is 0 Å². The molecule has 140 valence electrons. The average Bonchev–Trinajstić information content (AvgIpc) is 2.70. The topological polar surface area (TPSA) is 29.5 Å². The summed E-state index contributed by atoms with van der Waals surface area (Å²) in [6.07, 6.45) is 4.72. The molecule has 2 fully saturated rings. The smallest absolute Gasteiger partial charge is 0.133 e. The van der Waals surface area contributed by atoms with Crippen molar-refractivity contribution in [1.29, 1.82) is 0 Å². The molecule has 3 nitrogen and oxygen atoms in total. The van der Waals surface area contributed by atoms with E-state index in [0.717, 1.165) is 44.4 Å². The third-order valence-electron chi connectivity index (χ3n) is 7.19. The molecule has 1 saturated carbocycles. The van der Waals surface area contributed by atoms with Crippen molar-refractivity contribution in [3.8, 4) is 5.75 Å². The van der Waals surface area contributed by atoms with Crippen molar-refractivity contribution >= 4 is 5.78 Å². The zero-order valence-corrected chi connectivity index (χ0v) is 16.0. The maximum atomic E-state index is 12.5. The van der Waals surface area contributed by atoms with Crippen molar-refractivity contribution < 1.29 is 9.53 Å². The van der Waals surface area contributed by atoms with Gasteiger partial charge in [0, 0.05) is 24.3 Å². The summed E-state index contributed by atoms with van der Waals surface area (Å²) in [5.41, 5.74) is 4.03. The molecule has 0 spiro atoms. The van der Waals surface area contributed by atoms with Gasteiger partial charge in [-0.1, -0.05) is 36.4 Å². The Bertz CT molecular complexity index is 862. The number of nitrogens with zero attached hydrogens (tertiary/aromatic N) is 1. The number of Topliss-reactive ketones (excluding diaryl/α,β-unsaturated/α-hetero) is 1. The molecule has 2 aromatic rings. The molecule has 2 aliphatic carbocycles. The zero-order valence-electron chi connectivity index (χ0n) is 16.0. The van der Waals surface area contributed by atoms with Crippen molar-refractivity contribution in [2.75, 3.05) is 13.6 Å². The molecule has 3 atom stereocenters. The number of fused-ring (bicyclic) bond motifs is 1. The molecule has 3 heteroatoms. The number of piperidine rings is 1. The third kappa shape index (κ3) is 2.80. The Hall–Kier alpha value is -2.13. The molecular formula is C24H27NO2. The lowest BCUT2D eigenvalue weighted by molar-refractivity contribution is -0.126. The second-order valence-electron chi connectivity index (χ2n) is 8.61. The fourth-order valence-corrected chi connectivity index (χ4v) is 5.83. The van der Waals surface area contributed by atoms with E-state index < -0.39 is 0 Å². The lowest BCUT2D eigenvalue weighted by Gasteiger charge is -2.58. The van der Waals surface area contributed by atoms with E-state index in [1.807, 2.05) is 18.2 Å². The summed E-state index contributed by atoms with van der Waals surface area (Å²) < 4.78 is 6.12. The Morgan fingerprint density at radius 2 is 2.04 bits per heavy atom. The Morgan fingerprint density at radius 1 is 1.19 bits per heavy atom. The van der Waals surface area contributed by atoms with Gasteiger partial charge in [-0.3, -0.25) is 4.79 Å². The van der Waals surface area contributed by atoms with Crippen LogP contribution in [-0.2, 0) is 23.2 Å². The van der Waals surface area contributed by atoms with Gasteiger partial charge in [0.05, 0.1) is 0 Å². The number of rotatable bonds is 3. The van der Waals surface area contributed by atoms with E-state index in [0.29, 0.717) is 24.3 Å². The molecule has 2 bridgehead atoms. The summed E-state index contributed by atoms with van der Waals surface area (Å²) in [6.45, 7) is 1.67. The van der Waals surface area contributed by atoms with Crippen LogP contribution in [0.2, 0.25) is 0 Å². The normalized spacial score (nSPS) is 29.7. The molecule has 1 saturated heterocycles. The SMILES string of the molecule is CN1CC[C@]23CC(=O)CC[C@H]2[C@H]1Cc1ccc(OCc2ccccc2)cc13.